The summed E-state index contributed by atoms with van der Waals surface area (Å²) in [7, 11) is 0. The molecule has 1 fully saturated rings. The molecule has 0 atom stereocenters. The molecule has 0 amide bonds. The van der Waals surface area contributed by atoms with Gasteiger partial charge < -0.3 is 14.4 Å². The number of hydrogen-bond acceptors (Lipinski definition) is 3. The molecule has 4 heteroatoms. The number of hydrogen-bond donors (Lipinski definition) is 1. The molecule has 0 radical (unpaired) electrons. The molecule has 2 aromatic rings. The third kappa shape index (κ3) is 2.36. The fourth-order valence-electron chi connectivity index (χ4n) is 2.55. The van der Waals surface area contributed by atoms with Crippen molar-refractivity contribution in [2.45, 2.75) is 18.9 Å². The summed E-state index contributed by atoms with van der Waals surface area (Å²) in [4.78, 5) is 2.10. The van der Waals surface area contributed by atoms with E-state index in [0.29, 0.717) is 24.2 Å². The minimum absolute atomic E-state index is 0.239. The number of piperidine rings is 1. The number of aliphatic hydroxyl groups is 1. The Hall–Kier alpha value is -1.81. The highest BCUT2D eigenvalue weighted by Gasteiger charge is 2.22. The number of anilines is 1. The third-order valence-electron chi connectivity index (χ3n) is 3.56. The van der Waals surface area contributed by atoms with Crippen molar-refractivity contribution in [2.75, 3.05) is 18.0 Å². The van der Waals surface area contributed by atoms with E-state index in [2.05, 4.69) is 4.90 Å². The average Bonchev–Trinajstić information content (AvgIpc) is 2.93. The van der Waals surface area contributed by atoms with Crippen LogP contribution in [0.4, 0.5) is 10.1 Å². The highest BCUT2D eigenvalue weighted by molar-refractivity contribution is 5.76. The van der Waals surface area contributed by atoms with Crippen LogP contribution in [0.25, 0.3) is 11.3 Å². The van der Waals surface area contributed by atoms with Gasteiger partial charge in [-0.25, -0.2) is 4.39 Å². The molecular formula is C15H16FNO2. The van der Waals surface area contributed by atoms with Crippen LogP contribution in [-0.4, -0.2) is 24.3 Å². The van der Waals surface area contributed by atoms with Crippen LogP contribution >= 0.6 is 0 Å². The normalized spacial score (nSPS) is 16.8. The van der Waals surface area contributed by atoms with Crippen LogP contribution in [0.15, 0.2) is 41.0 Å². The van der Waals surface area contributed by atoms with E-state index in [4.69, 9.17) is 4.42 Å². The van der Waals surface area contributed by atoms with Crippen molar-refractivity contribution in [3.63, 3.8) is 0 Å². The van der Waals surface area contributed by atoms with Gasteiger partial charge in [0.1, 0.15) is 11.6 Å². The third-order valence-corrected chi connectivity index (χ3v) is 3.56. The van der Waals surface area contributed by atoms with Gasteiger partial charge in [0, 0.05) is 13.1 Å². The molecule has 1 aliphatic rings. The van der Waals surface area contributed by atoms with Crippen LogP contribution in [0.2, 0.25) is 0 Å². The molecule has 3 nitrogen and oxygen atoms in total. The molecule has 0 aliphatic carbocycles. The Morgan fingerprint density at radius 2 is 1.95 bits per heavy atom. The maximum Gasteiger partial charge on any atom is 0.138 e. The second kappa shape index (κ2) is 5.05. The van der Waals surface area contributed by atoms with Crippen molar-refractivity contribution >= 4 is 5.69 Å². The van der Waals surface area contributed by atoms with Crippen LogP contribution in [0, 0.1) is 5.82 Å². The van der Waals surface area contributed by atoms with E-state index in [1.54, 1.807) is 24.5 Å². The second-order valence-corrected chi connectivity index (χ2v) is 4.83. The molecule has 3 rings (SSSR count). The van der Waals surface area contributed by atoms with E-state index in [1.165, 1.54) is 6.07 Å². The maximum atomic E-state index is 14.1. The molecule has 0 bridgehead atoms. The van der Waals surface area contributed by atoms with E-state index < -0.39 is 0 Å². The number of halogens is 1. The van der Waals surface area contributed by atoms with E-state index >= 15 is 0 Å². The molecule has 1 N–H and O–H groups in total. The maximum absolute atomic E-state index is 14.1. The molecule has 1 aliphatic heterocycles. The zero-order valence-corrected chi connectivity index (χ0v) is 10.6. The zero-order chi connectivity index (χ0) is 13.2. The van der Waals surface area contributed by atoms with E-state index in [1.807, 2.05) is 6.07 Å². The number of furan rings is 1. The van der Waals surface area contributed by atoms with E-state index in [-0.39, 0.29) is 11.9 Å². The van der Waals surface area contributed by atoms with Gasteiger partial charge in [-0.1, -0.05) is 6.07 Å². The summed E-state index contributed by atoms with van der Waals surface area (Å²) in [5.74, 6) is 0.262. The Morgan fingerprint density at radius 3 is 2.63 bits per heavy atom. The first-order valence-corrected chi connectivity index (χ1v) is 6.51. The first-order valence-electron chi connectivity index (χ1n) is 6.51. The highest BCUT2D eigenvalue weighted by atomic mass is 19.1. The number of nitrogens with zero attached hydrogens (tertiary/aromatic N) is 1. The Balaban J connectivity index is 1.99. The summed E-state index contributed by atoms with van der Waals surface area (Å²) in [5, 5.41) is 9.56. The van der Waals surface area contributed by atoms with Crippen molar-refractivity contribution in [3.05, 3.63) is 42.4 Å². The summed E-state index contributed by atoms with van der Waals surface area (Å²) in [6.07, 6.45) is 2.74. The van der Waals surface area contributed by atoms with Gasteiger partial charge in [-0.05, 0) is 37.1 Å². The lowest BCUT2D eigenvalue weighted by molar-refractivity contribution is 0.145. The summed E-state index contributed by atoms with van der Waals surface area (Å²) in [6.45, 7) is 1.47. The Bertz CT molecular complexity index is 545. The summed E-state index contributed by atoms with van der Waals surface area (Å²) in [6, 6.07) is 8.58. The molecular weight excluding hydrogens is 245 g/mol. The molecule has 0 saturated carbocycles. The molecule has 0 unspecified atom stereocenters. The topological polar surface area (TPSA) is 36.6 Å². The van der Waals surface area contributed by atoms with Gasteiger partial charge in [-0.3, -0.25) is 0 Å². The van der Waals surface area contributed by atoms with Crippen molar-refractivity contribution in [1.29, 1.82) is 0 Å². The minimum atomic E-state index is -0.279. The van der Waals surface area contributed by atoms with Crippen molar-refractivity contribution in [3.8, 4) is 11.3 Å². The van der Waals surface area contributed by atoms with Gasteiger partial charge in [-0.2, -0.15) is 0 Å². The molecule has 1 saturated heterocycles. The molecule has 19 heavy (non-hydrogen) atoms. The fourth-order valence-corrected chi connectivity index (χ4v) is 2.55. The Labute approximate surface area is 111 Å². The van der Waals surface area contributed by atoms with E-state index in [9.17, 15) is 9.50 Å². The first-order chi connectivity index (χ1) is 9.25. The van der Waals surface area contributed by atoms with Gasteiger partial charge in [0.05, 0.1) is 23.6 Å². The molecule has 2 heterocycles. The monoisotopic (exact) mass is 261 g/mol. The average molecular weight is 261 g/mol. The van der Waals surface area contributed by atoms with Gasteiger partial charge in [0.25, 0.3) is 0 Å². The summed E-state index contributed by atoms with van der Waals surface area (Å²) < 4.78 is 19.4. The first kappa shape index (κ1) is 12.2. The van der Waals surface area contributed by atoms with Gasteiger partial charge in [-0.15, -0.1) is 0 Å². The van der Waals surface area contributed by atoms with Gasteiger partial charge in [0.2, 0.25) is 0 Å². The standard InChI is InChI=1S/C15H16FNO2/c16-12-3-1-4-13(15(12)14-5-2-10-19-14)17-8-6-11(18)7-9-17/h1-5,10-11,18H,6-9H2. The lowest BCUT2D eigenvalue weighted by atomic mass is 10.0. The number of benzene rings is 1. The van der Waals surface area contributed by atoms with Crippen LogP contribution < -0.4 is 4.90 Å². The van der Waals surface area contributed by atoms with E-state index in [0.717, 1.165) is 18.8 Å². The Morgan fingerprint density at radius 1 is 1.16 bits per heavy atom. The number of rotatable bonds is 2. The largest absolute Gasteiger partial charge is 0.464 e. The predicted octanol–water partition coefficient (Wildman–Crippen LogP) is 3.05. The molecule has 0 spiro atoms. The van der Waals surface area contributed by atoms with Crippen LogP contribution in [0.3, 0.4) is 0 Å². The van der Waals surface area contributed by atoms with Crippen LogP contribution in [0.1, 0.15) is 12.8 Å². The van der Waals surface area contributed by atoms with Crippen molar-refractivity contribution in [1.82, 2.24) is 0 Å². The Kier molecular flexibility index (Phi) is 3.25. The second-order valence-electron chi connectivity index (χ2n) is 4.83. The highest BCUT2D eigenvalue weighted by Crippen LogP contribution is 2.34. The SMILES string of the molecule is OC1CCN(c2cccc(F)c2-c2ccco2)CC1. The molecule has 100 valence electrons. The number of aliphatic hydroxyl groups excluding tert-OH is 1. The van der Waals surface area contributed by atoms with Crippen LogP contribution in [0.5, 0.6) is 0 Å². The fraction of sp³-hybridized carbons (Fsp3) is 0.333. The van der Waals surface area contributed by atoms with Gasteiger partial charge >= 0.3 is 0 Å². The predicted molar refractivity (Wildman–Crippen MR) is 71.6 cm³/mol. The minimum Gasteiger partial charge on any atom is -0.464 e. The zero-order valence-electron chi connectivity index (χ0n) is 10.6. The summed E-state index contributed by atoms with van der Waals surface area (Å²) in [5.41, 5.74) is 1.34. The lowest BCUT2D eigenvalue weighted by Crippen LogP contribution is -2.36. The van der Waals surface area contributed by atoms with Crippen molar-refractivity contribution in [2.24, 2.45) is 0 Å². The quantitative estimate of drug-likeness (QED) is 0.902. The molecule has 1 aromatic heterocycles. The van der Waals surface area contributed by atoms with Crippen LogP contribution in [-0.2, 0) is 0 Å². The summed E-state index contributed by atoms with van der Waals surface area (Å²) >= 11 is 0. The van der Waals surface area contributed by atoms with Gasteiger partial charge in [0.15, 0.2) is 0 Å². The van der Waals surface area contributed by atoms with Crippen molar-refractivity contribution < 1.29 is 13.9 Å². The molecule has 1 aromatic carbocycles. The smallest absolute Gasteiger partial charge is 0.138 e. The lowest BCUT2D eigenvalue weighted by Gasteiger charge is -2.32.